The van der Waals surface area contributed by atoms with Crippen molar-refractivity contribution >= 4 is 23.1 Å². The Bertz CT molecular complexity index is 736. The second-order valence-electron chi connectivity index (χ2n) is 5.12. The largest absolute Gasteiger partial charge is 0.309 e. The lowest BCUT2D eigenvalue weighted by atomic mass is 10.2. The fraction of sp³-hybridized carbons (Fsp3) is 0.100. The number of benzene rings is 3. The number of hydrogen-bond donors (Lipinski definition) is 0. The molecule has 0 saturated carbocycles. The van der Waals surface area contributed by atoms with Crippen LogP contribution in [0.4, 0.5) is 0 Å². The molecule has 0 aliphatic heterocycles. The molecule has 0 aromatic heterocycles. The monoisotopic (exact) mass is 308 g/mol. The molecule has 0 saturated heterocycles. The minimum absolute atomic E-state index is 0. The standard InChI is InChI=1S/C19H17OP.CH4/c1-16-9-8-14-19(15-16)21(20,17-10-4-2-5-11-17)18-12-6-3-7-13-18;/h2-15H,1H3;1H4. The molecule has 2 heteroatoms. The minimum Gasteiger partial charge on any atom is -0.309 e. The van der Waals surface area contributed by atoms with Gasteiger partial charge in [0, 0.05) is 15.9 Å². The Labute approximate surface area is 133 Å². The van der Waals surface area contributed by atoms with Crippen molar-refractivity contribution in [2.75, 3.05) is 0 Å². The first-order chi connectivity index (χ1) is 10.2. The molecular formula is C20H21OP. The van der Waals surface area contributed by atoms with E-state index < -0.39 is 7.14 Å². The predicted molar refractivity (Wildman–Crippen MR) is 97.3 cm³/mol. The van der Waals surface area contributed by atoms with Crippen molar-refractivity contribution in [2.45, 2.75) is 14.4 Å². The average Bonchev–Trinajstić information content (AvgIpc) is 2.56. The zero-order valence-corrected chi connectivity index (χ0v) is 12.8. The summed E-state index contributed by atoms with van der Waals surface area (Å²) in [6.07, 6.45) is 0. The third-order valence-electron chi connectivity index (χ3n) is 3.60. The Morgan fingerprint density at radius 1 is 0.636 bits per heavy atom. The van der Waals surface area contributed by atoms with Crippen LogP contribution in [-0.4, -0.2) is 0 Å². The molecule has 3 aromatic rings. The van der Waals surface area contributed by atoms with E-state index in [1.54, 1.807) is 0 Å². The normalized spacial score (nSPS) is 10.8. The van der Waals surface area contributed by atoms with Crippen molar-refractivity contribution in [3.63, 3.8) is 0 Å². The van der Waals surface area contributed by atoms with Gasteiger partial charge in [-0.05, 0) is 13.0 Å². The van der Waals surface area contributed by atoms with Crippen molar-refractivity contribution < 1.29 is 4.57 Å². The van der Waals surface area contributed by atoms with Gasteiger partial charge in [0.05, 0.1) is 0 Å². The molecule has 0 N–H and O–H groups in total. The maximum atomic E-state index is 14.0. The van der Waals surface area contributed by atoms with Crippen molar-refractivity contribution in [2.24, 2.45) is 0 Å². The van der Waals surface area contributed by atoms with Gasteiger partial charge in [-0.1, -0.05) is 91.9 Å². The Morgan fingerprint density at radius 2 is 1.09 bits per heavy atom. The van der Waals surface area contributed by atoms with Crippen LogP contribution in [0, 0.1) is 6.92 Å². The van der Waals surface area contributed by atoms with E-state index >= 15 is 0 Å². The first-order valence-corrected chi connectivity index (χ1v) is 8.70. The summed E-state index contributed by atoms with van der Waals surface area (Å²) in [7, 11) is -2.80. The molecule has 0 aliphatic carbocycles. The van der Waals surface area contributed by atoms with Crippen LogP contribution in [0.5, 0.6) is 0 Å². The number of rotatable bonds is 3. The maximum absolute atomic E-state index is 14.0. The van der Waals surface area contributed by atoms with Crippen LogP contribution >= 0.6 is 7.14 Å². The van der Waals surface area contributed by atoms with Gasteiger partial charge in [0.15, 0.2) is 7.14 Å². The summed E-state index contributed by atoms with van der Waals surface area (Å²) in [4.78, 5) is 0. The van der Waals surface area contributed by atoms with E-state index in [1.807, 2.05) is 91.9 Å². The Kier molecular flexibility index (Phi) is 5.00. The molecule has 0 unspecified atom stereocenters. The molecule has 0 aliphatic rings. The first kappa shape index (κ1) is 16.3. The zero-order chi connectivity index (χ0) is 14.7. The summed E-state index contributed by atoms with van der Waals surface area (Å²) >= 11 is 0. The lowest BCUT2D eigenvalue weighted by molar-refractivity contribution is 0.592. The maximum Gasteiger partial charge on any atom is 0.171 e. The molecule has 0 amide bonds. The van der Waals surface area contributed by atoms with Gasteiger partial charge in [0.1, 0.15) is 0 Å². The Hall–Kier alpha value is -2.11. The van der Waals surface area contributed by atoms with E-state index in [9.17, 15) is 4.57 Å². The molecule has 3 rings (SSSR count). The van der Waals surface area contributed by atoms with Gasteiger partial charge in [-0.25, -0.2) is 0 Å². The van der Waals surface area contributed by atoms with Gasteiger partial charge in [-0.3, -0.25) is 0 Å². The van der Waals surface area contributed by atoms with Crippen molar-refractivity contribution in [1.29, 1.82) is 0 Å². The van der Waals surface area contributed by atoms with E-state index in [2.05, 4.69) is 0 Å². The van der Waals surface area contributed by atoms with Crippen LogP contribution in [0.2, 0.25) is 0 Å². The number of hydrogen-bond acceptors (Lipinski definition) is 1. The smallest absolute Gasteiger partial charge is 0.171 e. The molecule has 0 heterocycles. The van der Waals surface area contributed by atoms with Crippen molar-refractivity contribution in [1.82, 2.24) is 0 Å². The van der Waals surface area contributed by atoms with Gasteiger partial charge in [0.25, 0.3) is 0 Å². The third kappa shape index (κ3) is 2.91. The highest BCUT2D eigenvalue weighted by Crippen LogP contribution is 2.42. The lowest BCUT2D eigenvalue weighted by Gasteiger charge is -2.20. The van der Waals surface area contributed by atoms with Crippen LogP contribution in [0.1, 0.15) is 13.0 Å². The fourth-order valence-corrected chi connectivity index (χ4v) is 5.31. The van der Waals surface area contributed by atoms with Crippen LogP contribution in [-0.2, 0) is 4.57 Å². The van der Waals surface area contributed by atoms with Gasteiger partial charge in [-0.2, -0.15) is 0 Å². The highest BCUT2D eigenvalue weighted by Gasteiger charge is 2.29. The molecule has 0 bridgehead atoms. The average molecular weight is 308 g/mol. The Balaban J connectivity index is 0.00000176. The molecule has 0 spiro atoms. The molecule has 0 fully saturated rings. The van der Waals surface area contributed by atoms with Crippen molar-refractivity contribution in [3.05, 3.63) is 90.5 Å². The van der Waals surface area contributed by atoms with Crippen LogP contribution in [0.25, 0.3) is 0 Å². The van der Waals surface area contributed by atoms with Crippen LogP contribution in [0.15, 0.2) is 84.9 Å². The van der Waals surface area contributed by atoms with Gasteiger partial charge >= 0.3 is 0 Å². The Morgan fingerprint density at radius 3 is 1.55 bits per heavy atom. The topological polar surface area (TPSA) is 17.1 Å². The summed E-state index contributed by atoms with van der Waals surface area (Å²) in [6, 6.07) is 27.5. The number of aryl methyl sites for hydroxylation is 1. The highest BCUT2D eigenvalue weighted by atomic mass is 31.2. The lowest BCUT2D eigenvalue weighted by Crippen LogP contribution is -2.25. The SMILES string of the molecule is C.Cc1cccc(P(=O)(c2ccccc2)c2ccccc2)c1. The second-order valence-corrected chi connectivity index (χ2v) is 7.89. The summed E-state index contributed by atoms with van der Waals surface area (Å²) in [5.41, 5.74) is 1.12. The second kappa shape index (κ2) is 6.77. The summed E-state index contributed by atoms with van der Waals surface area (Å²) in [5.74, 6) is 0. The third-order valence-corrected chi connectivity index (χ3v) is 6.66. The fourth-order valence-electron chi connectivity index (χ4n) is 2.55. The molecular weight excluding hydrogens is 287 g/mol. The van der Waals surface area contributed by atoms with E-state index in [0.717, 1.165) is 21.5 Å². The van der Waals surface area contributed by atoms with Gasteiger partial charge in [0.2, 0.25) is 0 Å². The van der Waals surface area contributed by atoms with Crippen molar-refractivity contribution in [3.8, 4) is 0 Å². The molecule has 0 radical (unpaired) electrons. The van der Waals surface area contributed by atoms with Gasteiger partial charge in [-0.15, -0.1) is 0 Å². The summed E-state index contributed by atoms with van der Waals surface area (Å²) in [6.45, 7) is 2.03. The zero-order valence-electron chi connectivity index (χ0n) is 11.9. The van der Waals surface area contributed by atoms with E-state index in [-0.39, 0.29) is 7.43 Å². The summed E-state index contributed by atoms with van der Waals surface area (Å²) in [5, 5.41) is 2.64. The molecule has 0 atom stereocenters. The van der Waals surface area contributed by atoms with E-state index in [1.165, 1.54) is 0 Å². The van der Waals surface area contributed by atoms with E-state index in [4.69, 9.17) is 0 Å². The van der Waals surface area contributed by atoms with Gasteiger partial charge < -0.3 is 4.57 Å². The van der Waals surface area contributed by atoms with Crippen LogP contribution < -0.4 is 15.9 Å². The predicted octanol–water partition coefficient (Wildman–Crippen LogP) is 4.27. The highest BCUT2D eigenvalue weighted by molar-refractivity contribution is 7.85. The molecule has 112 valence electrons. The quantitative estimate of drug-likeness (QED) is 0.660. The van der Waals surface area contributed by atoms with E-state index in [0.29, 0.717) is 0 Å². The summed E-state index contributed by atoms with van der Waals surface area (Å²) < 4.78 is 14.0. The minimum atomic E-state index is -2.80. The first-order valence-electron chi connectivity index (χ1n) is 7.00. The molecule has 3 aromatic carbocycles. The molecule has 22 heavy (non-hydrogen) atoms. The van der Waals surface area contributed by atoms with Crippen LogP contribution in [0.3, 0.4) is 0 Å². The molecule has 1 nitrogen and oxygen atoms in total.